The number of hydrogen-bond acceptors (Lipinski definition) is 4. The van der Waals surface area contributed by atoms with Gasteiger partial charge in [-0.05, 0) is 25.0 Å². The third-order valence-corrected chi connectivity index (χ3v) is 5.49. The Morgan fingerprint density at radius 2 is 1.70 bits per heavy atom. The van der Waals surface area contributed by atoms with Crippen LogP contribution in [0.25, 0.3) is 11.4 Å². The zero-order valence-corrected chi connectivity index (χ0v) is 17.9. The second-order valence-corrected chi connectivity index (χ2v) is 7.93. The molecule has 6 nitrogen and oxygen atoms in total. The fourth-order valence-corrected chi connectivity index (χ4v) is 3.85. The molecule has 0 aliphatic carbocycles. The minimum atomic E-state index is -0.0881. The summed E-state index contributed by atoms with van der Waals surface area (Å²) in [6.07, 6.45) is 0.707. The first-order valence-electron chi connectivity index (χ1n) is 10.2. The standard InChI is InChI=1S/C24H27N5O/c1-16-9-8-10-17(2)21(16)26-24(30)29-14-13-20-19(15-29)23(28(3)4)27-22(25-20)18-11-6-5-7-12-18/h5-12H,13-15H2,1-4H3,(H,26,30). The summed E-state index contributed by atoms with van der Waals surface area (Å²) in [6.45, 7) is 5.14. The van der Waals surface area contributed by atoms with Gasteiger partial charge in [-0.3, -0.25) is 0 Å². The molecule has 2 amide bonds. The van der Waals surface area contributed by atoms with E-state index in [1.165, 1.54) is 0 Å². The summed E-state index contributed by atoms with van der Waals surface area (Å²) in [5.74, 6) is 1.59. The monoisotopic (exact) mass is 401 g/mol. The predicted molar refractivity (Wildman–Crippen MR) is 121 cm³/mol. The topological polar surface area (TPSA) is 61.4 Å². The number of carbonyl (C=O) groups is 1. The van der Waals surface area contributed by atoms with Gasteiger partial charge in [0.1, 0.15) is 5.82 Å². The fraction of sp³-hybridized carbons (Fsp3) is 0.292. The van der Waals surface area contributed by atoms with E-state index in [9.17, 15) is 4.79 Å². The van der Waals surface area contributed by atoms with Crippen LogP contribution in [0.4, 0.5) is 16.3 Å². The molecule has 2 heterocycles. The number of hydrogen-bond donors (Lipinski definition) is 1. The molecule has 1 aliphatic rings. The summed E-state index contributed by atoms with van der Waals surface area (Å²) in [7, 11) is 3.96. The molecule has 3 aromatic rings. The molecule has 30 heavy (non-hydrogen) atoms. The molecule has 6 heteroatoms. The summed E-state index contributed by atoms with van der Waals surface area (Å²) in [5, 5.41) is 3.10. The smallest absolute Gasteiger partial charge is 0.322 e. The third-order valence-electron chi connectivity index (χ3n) is 5.49. The van der Waals surface area contributed by atoms with Crippen LogP contribution in [0.15, 0.2) is 48.5 Å². The van der Waals surface area contributed by atoms with E-state index >= 15 is 0 Å². The minimum absolute atomic E-state index is 0.0881. The number of aromatic nitrogens is 2. The van der Waals surface area contributed by atoms with Gasteiger partial charge < -0.3 is 15.1 Å². The van der Waals surface area contributed by atoms with Gasteiger partial charge in [0.15, 0.2) is 5.82 Å². The number of nitrogens with zero attached hydrogens (tertiary/aromatic N) is 4. The van der Waals surface area contributed by atoms with E-state index in [2.05, 4.69) is 5.32 Å². The van der Waals surface area contributed by atoms with Gasteiger partial charge in [-0.15, -0.1) is 0 Å². The number of aryl methyl sites for hydroxylation is 2. The lowest BCUT2D eigenvalue weighted by molar-refractivity contribution is 0.206. The molecule has 0 unspecified atom stereocenters. The average Bonchev–Trinajstić information content (AvgIpc) is 2.75. The second kappa shape index (κ2) is 8.14. The largest absolute Gasteiger partial charge is 0.362 e. The lowest BCUT2D eigenvalue weighted by Gasteiger charge is -2.31. The van der Waals surface area contributed by atoms with E-state index in [-0.39, 0.29) is 6.03 Å². The second-order valence-electron chi connectivity index (χ2n) is 7.93. The Kier molecular flexibility index (Phi) is 5.40. The number of benzene rings is 2. The number of amides is 2. The highest BCUT2D eigenvalue weighted by atomic mass is 16.2. The van der Waals surface area contributed by atoms with Gasteiger partial charge >= 0.3 is 6.03 Å². The Morgan fingerprint density at radius 1 is 1.00 bits per heavy atom. The van der Waals surface area contributed by atoms with Crippen molar-refractivity contribution in [3.05, 3.63) is 70.9 Å². The van der Waals surface area contributed by atoms with Crippen LogP contribution in [-0.2, 0) is 13.0 Å². The molecule has 2 aromatic carbocycles. The quantitative estimate of drug-likeness (QED) is 0.706. The van der Waals surface area contributed by atoms with Gasteiger partial charge in [-0.1, -0.05) is 48.5 Å². The number of para-hydroxylation sites is 1. The zero-order chi connectivity index (χ0) is 21.3. The summed E-state index contributed by atoms with van der Waals surface area (Å²) in [6, 6.07) is 16.0. The highest BCUT2D eigenvalue weighted by Gasteiger charge is 2.27. The van der Waals surface area contributed by atoms with E-state index in [0.29, 0.717) is 19.5 Å². The van der Waals surface area contributed by atoms with Crippen molar-refractivity contribution in [2.75, 3.05) is 30.9 Å². The number of anilines is 2. The number of nitrogens with one attached hydrogen (secondary N) is 1. The van der Waals surface area contributed by atoms with Crippen molar-refractivity contribution < 1.29 is 4.79 Å². The minimum Gasteiger partial charge on any atom is -0.362 e. The van der Waals surface area contributed by atoms with Crippen LogP contribution in [0.3, 0.4) is 0 Å². The van der Waals surface area contributed by atoms with E-state index in [4.69, 9.17) is 9.97 Å². The highest BCUT2D eigenvalue weighted by molar-refractivity contribution is 5.91. The SMILES string of the molecule is Cc1cccc(C)c1NC(=O)N1CCc2nc(-c3ccccc3)nc(N(C)C)c2C1. The molecule has 0 atom stereocenters. The van der Waals surface area contributed by atoms with Crippen LogP contribution < -0.4 is 10.2 Å². The lowest BCUT2D eigenvalue weighted by atomic mass is 10.0. The summed E-state index contributed by atoms with van der Waals surface area (Å²) < 4.78 is 0. The molecule has 0 fully saturated rings. The van der Waals surface area contributed by atoms with E-state index in [0.717, 1.165) is 45.3 Å². The summed E-state index contributed by atoms with van der Waals surface area (Å²) >= 11 is 0. The first-order chi connectivity index (χ1) is 14.4. The molecule has 1 aromatic heterocycles. The maximum Gasteiger partial charge on any atom is 0.322 e. The Hall–Kier alpha value is -3.41. The van der Waals surface area contributed by atoms with Crippen LogP contribution in [0, 0.1) is 13.8 Å². The molecule has 0 bridgehead atoms. The first kappa shape index (κ1) is 19.9. The number of fused-ring (bicyclic) bond motifs is 1. The van der Waals surface area contributed by atoms with Crippen LogP contribution in [0.2, 0.25) is 0 Å². The maximum atomic E-state index is 13.0. The van der Waals surface area contributed by atoms with Gasteiger partial charge in [0.25, 0.3) is 0 Å². The van der Waals surface area contributed by atoms with Crippen molar-refractivity contribution in [2.24, 2.45) is 0 Å². The molecule has 4 rings (SSSR count). The van der Waals surface area contributed by atoms with E-state index < -0.39 is 0 Å². The zero-order valence-electron chi connectivity index (χ0n) is 17.9. The number of urea groups is 1. The molecule has 0 saturated heterocycles. The van der Waals surface area contributed by atoms with Gasteiger partial charge in [-0.2, -0.15) is 0 Å². The molecular weight excluding hydrogens is 374 g/mol. The molecular formula is C24H27N5O. The summed E-state index contributed by atoms with van der Waals surface area (Å²) in [4.78, 5) is 26.5. The van der Waals surface area contributed by atoms with Crippen LogP contribution in [0.5, 0.6) is 0 Å². The summed E-state index contributed by atoms with van der Waals surface area (Å²) in [5.41, 5.74) is 6.04. The lowest BCUT2D eigenvalue weighted by Crippen LogP contribution is -2.40. The van der Waals surface area contributed by atoms with Crippen LogP contribution >= 0.6 is 0 Å². The molecule has 1 N–H and O–H groups in total. The Labute approximate surface area is 177 Å². The average molecular weight is 402 g/mol. The van der Waals surface area contributed by atoms with Crippen molar-refractivity contribution in [2.45, 2.75) is 26.8 Å². The van der Waals surface area contributed by atoms with Gasteiger partial charge in [0.05, 0.1) is 12.2 Å². The van der Waals surface area contributed by atoms with Crippen molar-refractivity contribution >= 4 is 17.5 Å². The molecule has 0 spiro atoms. The first-order valence-corrected chi connectivity index (χ1v) is 10.2. The molecule has 154 valence electrons. The van der Waals surface area contributed by atoms with Crippen molar-refractivity contribution in [3.8, 4) is 11.4 Å². The number of rotatable bonds is 3. The van der Waals surface area contributed by atoms with Gasteiger partial charge in [-0.25, -0.2) is 14.8 Å². The highest BCUT2D eigenvalue weighted by Crippen LogP contribution is 2.29. The third kappa shape index (κ3) is 3.85. The Balaban J connectivity index is 1.62. The van der Waals surface area contributed by atoms with Gasteiger partial charge in [0, 0.05) is 43.9 Å². The normalized spacial score (nSPS) is 13.0. The number of carbonyl (C=O) groups excluding carboxylic acids is 1. The van der Waals surface area contributed by atoms with Gasteiger partial charge in [0.2, 0.25) is 0 Å². The van der Waals surface area contributed by atoms with E-state index in [1.54, 1.807) is 0 Å². The van der Waals surface area contributed by atoms with Crippen molar-refractivity contribution in [1.29, 1.82) is 0 Å². The predicted octanol–water partition coefficient (Wildman–Crippen LogP) is 4.42. The van der Waals surface area contributed by atoms with Crippen LogP contribution in [-0.4, -0.2) is 41.5 Å². The molecule has 0 saturated carbocycles. The Morgan fingerprint density at radius 3 is 2.37 bits per heavy atom. The van der Waals surface area contributed by atoms with Crippen LogP contribution in [0.1, 0.15) is 22.4 Å². The van der Waals surface area contributed by atoms with Crippen molar-refractivity contribution in [1.82, 2.24) is 14.9 Å². The maximum absolute atomic E-state index is 13.0. The molecule has 1 aliphatic heterocycles. The fourth-order valence-electron chi connectivity index (χ4n) is 3.85. The Bertz CT molecular complexity index is 1060. The molecule has 0 radical (unpaired) electrons. The van der Waals surface area contributed by atoms with Crippen molar-refractivity contribution in [3.63, 3.8) is 0 Å². The van der Waals surface area contributed by atoms with E-state index in [1.807, 2.05) is 86.3 Å².